The Kier molecular flexibility index (Phi) is 3.95. The van der Waals surface area contributed by atoms with Gasteiger partial charge in [0.15, 0.2) is 0 Å². The van der Waals surface area contributed by atoms with Crippen LogP contribution in [-0.2, 0) is 0 Å². The molecule has 1 fully saturated rings. The van der Waals surface area contributed by atoms with Crippen LogP contribution >= 0.6 is 0 Å². The van der Waals surface area contributed by atoms with Gasteiger partial charge in [0.2, 0.25) is 0 Å². The highest BCUT2D eigenvalue weighted by Gasteiger charge is 2.21. The van der Waals surface area contributed by atoms with E-state index in [-0.39, 0.29) is 6.03 Å². The maximum absolute atomic E-state index is 12.2. The SMILES string of the molecule is O=C(Nc1cccnc1)N1CCN(c2ccncc2)CC1. The van der Waals surface area contributed by atoms with Gasteiger partial charge in [-0.15, -0.1) is 0 Å². The van der Waals surface area contributed by atoms with Crippen LogP contribution in [0, 0.1) is 0 Å². The maximum atomic E-state index is 12.2. The predicted molar refractivity (Wildman–Crippen MR) is 81.3 cm³/mol. The fourth-order valence-corrected chi connectivity index (χ4v) is 2.36. The van der Waals surface area contributed by atoms with Gasteiger partial charge in [-0.3, -0.25) is 9.97 Å². The van der Waals surface area contributed by atoms with E-state index in [2.05, 4.69) is 20.2 Å². The fraction of sp³-hybridized carbons (Fsp3) is 0.267. The molecular formula is C15H17N5O. The third-order valence-corrected chi connectivity index (χ3v) is 3.51. The Morgan fingerprint density at radius 1 is 1.00 bits per heavy atom. The lowest BCUT2D eigenvalue weighted by atomic mass is 10.3. The van der Waals surface area contributed by atoms with Gasteiger partial charge in [0.25, 0.3) is 0 Å². The number of rotatable bonds is 2. The summed E-state index contributed by atoms with van der Waals surface area (Å²) in [5, 5.41) is 2.86. The van der Waals surface area contributed by atoms with Gasteiger partial charge in [-0.2, -0.15) is 0 Å². The van der Waals surface area contributed by atoms with Crippen molar-refractivity contribution in [1.82, 2.24) is 14.9 Å². The molecule has 3 rings (SSSR count). The van der Waals surface area contributed by atoms with Gasteiger partial charge >= 0.3 is 6.03 Å². The summed E-state index contributed by atoms with van der Waals surface area (Å²) in [7, 11) is 0. The molecule has 6 nitrogen and oxygen atoms in total. The molecule has 1 saturated heterocycles. The van der Waals surface area contributed by atoms with Crippen LogP contribution < -0.4 is 10.2 Å². The zero-order valence-corrected chi connectivity index (χ0v) is 11.6. The first-order valence-electron chi connectivity index (χ1n) is 6.94. The lowest BCUT2D eigenvalue weighted by Gasteiger charge is -2.35. The molecule has 1 N–H and O–H groups in total. The number of pyridine rings is 2. The molecule has 0 atom stereocenters. The Labute approximate surface area is 123 Å². The van der Waals surface area contributed by atoms with E-state index in [4.69, 9.17) is 0 Å². The number of nitrogens with zero attached hydrogens (tertiary/aromatic N) is 4. The molecule has 0 saturated carbocycles. The number of urea groups is 1. The van der Waals surface area contributed by atoms with Gasteiger partial charge in [0.1, 0.15) is 0 Å². The van der Waals surface area contributed by atoms with Crippen LogP contribution in [0.3, 0.4) is 0 Å². The van der Waals surface area contributed by atoms with Crippen molar-refractivity contribution in [3.8, 4) is 0 Å². The van der Waals surface area contributed by atoms with E-state index in [1.165, 1.54) is 0 Å². The number of carbonyl (C=O) groups is 1. The minimum Gasteiger partial charge on any atom is -0.368 e. The zero-order chi connectivity index (χ0) is 14.5. The number of anilines is 2. The number of nitrogens with one attached hydrogen (secondary N) is 1. The van der Waals surface area contributed by atoms with Crippen LogP contribution in [0.4, 0.5) is 16.2 Å². The molecule has 1 aliphatic rings. The molecule has 0 radical (unpaired) electrons. The first kappa shape index (κ1) is 13.4. The molecule has 2 aromatic heterocycles. The average Bonchev–Trinajstić information content (AvgIpc) is 2.57. The zero-order valence-electron chi connectivity index (χ0n) is 11.6. The summed E-state index contributed by atoms with van der Waals surface area (Å²) in [6, 6.07) is 7.55. The molecular weight excluding hydrogens is 266 g/mol. The second-order valence-electron chi connectivity index (χ2n) is 4.85. The lowest BCUT2D eigenvalue weighted by Crippen LogP contribution is -2.50. The predicted octanol–water partition coefficient (Wildman–Crippen LogP) is 1.83. The van der Waals surface area contributed by atoms with E-state index < -0.39 is 0 Å². The highest BCUT2D eigenvalue weighted by molar-refractivity contribution is 5.89. The summed E-state index contributed by atoms with van der Waals surface area (Å²) in [5.74, 6) is 0. The van der Waals surface area contributed by atoms with E-state index in [9.17, 15) is 4.79 Å². The summed E-state index contributed by atoms with van der Waals surface area (Å²) in [6.07, 6.45) is 6.90. The van der Waals surface area contributed by atoms with Crippen LogP contribution in [0.5, 0.6) is 0 Å². The monoisotopic (exact) mass is 283 g/mol. The normalized spacial score (nSPS) is 14.9. The molecule has 3 heterocycles. The van der Waals surface area contributed by atoms with E-state index >= 15 is 0 Å². The van der Waals surface area contributed by atoms with Crippen LogP contribution in [0.1, 0.15) is 0 Å². The van der Waals surface area contributed by atoms with Gasteiger partial charge in [-0.05, 0) is 24.3 Å². The summed E-state index contributed by atoms with van der Waals surface area (Å²) in [5.41, 5.74) is 1.87. The minimum absolute atomic E-state index is 0.0719. The Morgan fingerprint density at radius 3 is 2.43 bits per heavy atom. The van der Waals surface area contributed by atoms with Crippen LogP contribution in [0.15, 0.2) is 49.1 Å². The van der Waals surface area contributed by atoms with Gasteiger partial charge < -0.3 is 15.1 Å². The van der Waals surface area contributed by atoms with Gasteiger partial charge in [0.05, 0.1) is 11.9 Å². The number of piperazine rings is 1. The number of hydrogen-bond donors (Lipinski definition) is 1. The third kappa shape index (κ3) is 3.28. The molecule has 0 aromatic carbocycles. The summed E-state index contributed by atoms with van der Waals surface area (Å²) in [6.45, 7) is 3.05. The smallest absolute Gasteiger partial charge is 0.322 e. The molecule has 2 amide bonds. The molecule has 108 valence electrons. The number of hydrogen-bond acceptors (Lipinski definition) is 4. The first-order valence-corrected chi connectivity index (χ1v) is 6.94. The van der Waals surface area contributed by atoms with Gasteiger partial charge in [0, 0.05) is 50.5 Å². The molecule has 1 aliphatic heterocycles. The van der Waals surface area contributed by atoms with Crippen molar-refractivity contribution in [2.45, 2.75) is 0 Å². The Balaban J connectivity index is 1.55. The molecule has 0 spiro atoms. The van der Waals surface area contributed by atoms with Gasteiger partial charge in [-0.25, -0.2) is 4.79 Å². The summed E-state index contributed by atoms with van der Waals surface area (Å²) < 4.78 is 0. The molecule has 2 aromatic rings. The Bertz CT molecular complexity index is 582. The minimum atomic E-state index is -0.0719. The second kappa shape index (κ2) is 6.21. The van der Waals surface area contributed by atoms with Crippen molar-refractivity contribution in [3.05, 3.63) is 49.1 Å². The second-order valence-corrected chi connectivity index (χ2v) is 4.85. The van der Waals surface area contributed by atoms with Crippen molar-refractivity contribution in [2.75, 3.05) is 36.4 Å². The van der Waals surface area contributed by atoms with E-state index in [0.717, 1.165) is 24.5 Å². The number of amides is 2. The van der Waals surface area contributed by atoms with E-state index in [1.54, 1.807) is 30.9 Å². The molecule has 21 heavy (non-hydrogen) atoms. The van der Waals surface area contributed by atoms with Crippen molar-refractivity contribution in [1.29, 1.82) is 0 Å². The average molecular weight is 283 g/mol. The lowest BCUT2D eigenvalue weighted by molar-refractivity contribution is 0.208. The van der Waals surface area contributed by atoms with E-state index in [0.29, 0.717) is 13.1 Å². The highest BCUT2D eigenvalue weighted by Crippen LogP contribution is 2.15. The Hall–Kier alpha value is -2.63. The van der Waals surface area contributed by atoms with Crippen molar-refractivity contribution < 1.29 is 4.79 Å². The summed E-state index contributed by atoms with van der Waals surface area (Å²) >= 11 is 0. The fourth-order valence-electron chi connectivity index (χ4n) is 2.36. The molecule has 6 heteroatoms. The maximum Gasteiger partial charge on any atom is 0.322 e. The van der Waals surface area contributed by atoms with Crippen LogP contribution in [0.2, 0.25) is 0 Å². The summed E-state index contributed by atoms with van der Waals surface area (Å²) in [4.78, 5) is 24.3. The largest absolute Gasteiger partial charge is 0.368 e. The van der Waals surface area contributed by atoms with Crippen LogP contribution in [0.25, 0.3) is 0 Å². The Morgan fingerprint density at radius 2 is 1.76 bits per heavy atom. The van der Waals surface area contributed by atoms with Crippen LogP contribution in [-0.4, -0.2) is 47.1 Å². The van der Waals surface area contributed by atoms with Gasteiger partial charge in [-0.1, -0.05) is 0 Å². The topological polar surface area (TPSA) is 61.4 Å². The molecule has 0 bridgehead atoms. The quantitative estimate of drug-likeness (QED) is 0.913. The van der Waals surface area contributed by atoms with Crippen molar-refractivity contribution in [2.24, 2.45) is 0 Å². The van der Waals surface area contributed by atoms with E-state index in [1.807, 2.05) is 23.1 Å². The molecule has 0 aliphatic carbocycles. The van der Waals surface area contributed by atoms with Crippen molar-refractivity contribution >= 4 is 17.4 Å². The highest BCUT2D eigenvalue weighted by atomic mass is 16.2. The molecule has 0 unspecified atom stereocenters. The number of aromatic nitrogens is 2. The third-order valence-electron chi connectivity index (χ3n) is 3.51. The first-order chi connectivity index (χ1) is 10.3. The standard InChI is InChI=1S/C15H17N5O/c21-15(18-13-2-1-5-17-12-13)20-10-8-19(9-11-20)14-3-6-16-7-4-14/h1-7,12H,8-11H2,(H,18,21). The number of carbonyl (C=O) groups excluding carboxylic acids is 1. The van der Waals surface area contributed by atoms with Crippen molar-refractivity contribution in [3.63, 3.8) is 0 Å².